The van der Waals surface area contributed by atoms with Gasteiger partial charge in [-0.15, -0.1) is 11.3 Å². The molecular formula is C12H13N3O3S2. The van der Waals surface area contributed by atoms with E-state index in [2.05, 4.69) is 9.71 Å². The first-order valence-corrected chi connectivity index (χ1v) is 8.03. The highest BCUT2D eigenvalue weighted by atomic mass is 32.2. The van der Waals surface area contributed by atoms with Crippen LogP contribution in [0.3, 0.4) is 0 Å². The number of sulfonamides is 1. The molecule has 1 aromatic heterocycles. The molecule has 20 heavy (non-hydrogen) atoms. The lowest BCUT2D eigenvalue weighted by atomic mass is 10.2. The van der Waals surface area contributed by atoms with E-state index in [-0.39, 0.29) is 4.90 Å². The van der Waals surface area contributed by atoms with E-state index < -0.39 is 15.9 Å². The monoisotopic (exact) mass is 311 g/mol. The number of nitrogens with zero attached hydrogens (tertiary/aromatic N) is 2. The second kappa shape index (κ2) is 5.70. The van der Waals surface area contributed by atoms with Crippen molar-refractivity contribution in [3.05, 3.63) is 46.2 Å². The average Bonchev–Trinajstić information content (AvgIpc) is 2.84. The maximum Gasteiger partial charge on any atom is 0.279 e. The fraction of sp³-hybridized carbons (Fsp3) is 0.167. The van der Waals surface area contributed by atoms with Crippen molar-refractivity contribution in [2.45, 2.75) is 4.90 Å². The average molecular weight is 311 g/mol. The Bertz CT molecular complexity index is 786. The van der Waals surface area contributed by atoms with Crippen molar-refractivity contribution in [1.29, 1.82) is 0 Å². The number of rotatable bonds is 3. The molecule has 0 aliphatic rings. The number of carbonyl (C=O) groups is 1. The molecule has 0 spiro atoms. The highest BCUT2D eigenvalue weighted by molar-refractivity contribution is 7.89. The number of hydrogen-bond donors (Lipinski definition) is 1. The van der Waals surface area contributed by atoms with Gasteiger partial charge in [0, 0.05) is 24.2 Å². The molecule has 1 amide bonds. The molecule has 6 nitrogen and oxygen atoms in total. The van der Waals surface area contributed by atoms with Crippen LogP contribution >= 0.6 is 11.3 Å². The summed E-state index contributed by atoms with van der Waals surface area (Å²) in [4.78, 5) is 16.6. The van der Waals surface area contributed by atoms with Gasteiger partial charge in [-0.2, -0.15) is 4.99 Å². The van der Waals surface area contributed by atoms with E-state index in [0.717, 1.165) is 0 Å². The van der Waals surface area contributed by atoms with Crippen molar-refractivity contribution < 1.29 is 13.2 Å². The normalized spacial score (nSPS) is 12.6. The maximum absolute atomic E-state index is 12.0. The Balaban J connectivity index is 2.32. The lowest BCUT2D eigenvalue weighted by molar-refractivity contribution is 0.0998. The largest absolute Gasteiger partial charge is 0.327 e. The number of thiazole rings is 1. The molecule has 106 valence electrons. The van der Waals surface area contributed by atoms with Crippen molar-refractivity contribution in [2.75, 3.05) is 7.05 Å². The van der Waals surface area contributed by atoms with Crippen LogP contribution in [0.5, 0.6) is 0 Å². The number of amides is 1. The van der Waals surface area contributed by atoms with Crippen molar-refractivity contribution >= 4 is 27.3 Å². The fourth-order valence-electron chi connectivity index (χ4n) is 1.48. The molecule has 1 heterocycles. The quantitative estimate of drug-likeness (QED) is 0.907. The van der Waals surface area contributed by atoms with Crippen molar-refractivity contribution in [3.63, 3.8) is 0 Å². The first-order valence-electron chi connectivity index (χ1n) is 5.67. The predicted octanol–water partition coefficient (Wildman–Crippen LogP) is 0.736. The molecule has 2 aromatic rings. The molecule has 0 bridgehead atoms. The topological polar surface area (TPSA) is 80.5 Å². The van der Waals surface area contributed by atoms with Crippen LogP contribution in [0.15, 0.2) is 45.7 Å². The molecule has 0 aliphatic heterocycles. The number of benzene rings is 1. The summed E-state index contributed by atoms with van der Waals surface area (Å²) in [7, 11) is -0.361. The molecule has 1 aromatic carbocycles. The van der Waals surface area contributed by atoms with Gasteiger partial charge in [-0.1, -0.05) is 0 Å². The highest BCUT2D eigenvalue weighted by Gasteiger charge is 2.12. The zero-order chi connectivity index (χ0) is 14.8. The molecule has 0 fully saturated rings. The van der Waals surface area contributed by atoms with E-state index in [0.29, 0.717) is 10.4 Å². The summed E-state index contributed by atoms with van der Waals surface area (Å²) in [6.07, 6.45) is 1.80. The van der Waals surface area contributed by atoms with Crippen LogP contribution in [0.2, 0.25) is 0 Å². The van der Waals surface area contributed by atoms with Gasteiger partial charge in [0.1, 0.15) is 0 Å². The van der Waals surface area contributed by atoms with Crippen LogP contribution in [0.1, 0.15) is 10.4 Å². The van der Waals surface area contributed by atoms with Crippen LogP contribution in [0.25, 0.3) is 0 Å². The number of nitrogens with one attached hydrogen (secondary N) is 1. The summed E-state index contributed by atoms with van der Waals surface area (Å²) >= 11 is 1.35. The Labute approximate surface area is 120 Å². The Hall–Kier alpha value is -1.77. The molecule has 8 heteroatoms. The second-order valence-corrected chi connectivity index (χ2v) is 6.70. The molecule has 0 aliphatic carbocycles. The van der Waals surface area contributed by atoms with Crippen molar-refractivity contribution in [2.24, 2.45) is 12.0 Å². The Morgan fingerprint density at radius 1 is 1.30 bits per heavy atom. The number of aryl methyl sites for hydroxylation is 1. The Morgan fingerprint density at radius 3 is 2.45 bits per heavy atom. The van der Waals surface area contributed by atoms with Gasteiger partial charge in [0.25, 0.3) is 5.91 Å². The van der Waals surface area contributed by atoms with E-state index in [4.69, 9.17) is 0 Å². The summed E-state index contributed by atoms with van der Waals surface area (Å²) in [5, 5.41) is 1.83. The number of carbonyl (C=O) groups excluding carboxylic acids is 1. The standard InChI is InChI=1S/C12H13N3O3S2/c1-13-20(17,18)10-5-3-9(4-6-10)11(16)14-12-15(2)7-8-19-12/h3-8,13H,1-2H3. The molecule has 0 atom stereocenters. The van der Waals surface area contributed by atoms with E-state index in [1.165, 1.54) is 42.6 Å². The molecule has 1 N–H and O–H groups in total. The molecular weight excluding hydrogens is 298 g/mol. The summed E-state index contributed by atoms with van der Waals surface area (Å²) in [5.41, 5.74) is 0.341. The summed E-state index contributed by atoms with van der Waals surface area (Å²) in [6.45, 7) is 0. The molecule has 0 saturated carbocycles. The van der Waals surface area contributed by atoms with Gasteiger partial charge in [0.2, 0.25) is 10.0 Å². The van der Waals surface area contributed by atoms with Gasteiger partial charge in [0.15, 0.2) is 4.80 Å². The minimum Gasteiger partial charge on any atom is -0.327 e. The third-order valence-corrected chi connectivity index (χ3v) is 4.92. The highest BCUT2D eigenvalue weighted by Crippen LogP contribution is 2.10. The first kappa shape index (κ1) is 14.6. The lowest BCUT2D eigenvalue weighted by Crippen LogP contribution is -2.18. The van der Waals surface area contributed by atoms with E-state index in [1.54, 1.807) is 17.8 Å². The predicted molar refractivity (Wildman–Crippen MR) is 75.9 cm³/mol. The van der Waals surface area contributed by atoms with Gasteiger partial charge in [0.05, 0.1) is 4.90 Å². The van der Waals surface area contributed by atoms with E-state index in [1.807, 2.05) is 5.38 Å². The molecule has 2 rings (SSSR count). The third-order valence-electron chi connectivity index (χ3n) is 2.64. The van der Waals surface area contributed by atoms with Gasteiger partial charge in [-0.3, -0.25) is 4.79 Å². The number of aromatic nitrogens is 1. The lowest BCUT2D eigenvalue weighted by Gasteiger charge is -2.02. The van der Waals surface area contributed by atoms with Gasteiger partial charge < -0.3 is 4.57 Å². The smallest absolute Gasteiger partial charge is 0.279 e. The molecule has 0 saturated heterocycles. The van der Waals surface area contributed by atoms with Crippen molar-refractivity contribution in [3.8, 4) is 0 Å². The molecule has 0 unspecified atom stereocenters. The Morgan fingerprint density at radius 2 is 1.95 bits per heavy atom. The zero-order valence-corrected chi connectivity index (χ0v) is 12.5. The van der Waals surface area contributed by atoms with E-state index >= 15 is 0 Å². The Kier molecular flexibility index (Phi) is 4.17. The SMILES string of the molecule is CNS(=O)(=O)c1ccc(C(=O)N=c2sccn2C)cc1. The first-order chi connectivity index (χ1) is 9.44. The van der Waals surface area contributed by atoms with Crippen molar-refractivity contribution in [1.82, 2.24) is 9.29 Å². The second-order valence-electron chi connectivity index (χ2n) is 3.95. The fourth-order valence-corrected chi connectivity index (χ4v) is 2.94. The van der Waals surface area contributed by atoms with Gasteiger partial charge in [-0.25, -0.2) is 13.1 Å². The van der Waals surface area contributed by atoms with Crippen LogP contribution < -0.4 is 9.52 Å². The third kappa shape index (κ3) is 3.03. The van der Waals surface area contributed by atoms with Gasteiger partial charge in [-0.05, 0) is 31.3 Å². The summed E-state index contributed by atoms with van der Waals surface area (Å²) in [5.74, 6) is -0.406. The van der Waals surface area contributed by atoms with Crippen LogP contribution in [0, 0.1) is 0 Å². The zero-order valence-electron chi connectivity index (χ0n) is 10.9. The maximum atomic E-state index is 12.0. The minimum atomic E-state index is -3.49. The van der Waals surface area contributed by atoms with Crippen LogP contribution in [-0.2, 0) is 17.1 Å². The number of hydrogen-bond acceptors (Lipinski definition) is 4. The van der Waals surface area contributed by atoms with E-state index in [9.17, 15) is 13.2 Å². The minimum absolute atomic E-state index is 0.109. The summed E-state index contributed by atoms with van der Waals surface area (Å²) in [6, 6.07) is 5.65. The molecule has 0 radical (unpaired) electrons. The summed E-state index contributed by atoms with van der Waals surface area (Å²) < 4.78 is 27.1. The van der Waals surface area contributed by atoms with Crippen LogP contribution in [0.4, 0.5) is 0 Å². The van der Waals surface area contributed by atoms with Crippen LogP contribution in [-0.4, -0.2) is 25.9 Å². The van der Waals surface area contributed by atoms with Gasteiger partial charge >= 0.3 is 0 Å².